The van der Waals surface area contributed by atoms with Crippen molar-refractivity contribution in [1.29, 1.82) is 0 Å². The molecule has 0 heterocycles. The van der Waals surface area contributed by atoms with Crippen LogP contribution in [0.2, 0.25) is 0 Å². The van der Waals surface area contributed by atoms with Gasteiger partial charge in [-0.3, -0.25) is 4.90 Å². The molecule has 0 amide bonds. The molecule has 0 atom stereocenters. The van der Waals surface area contributed by atoms with Crippen molar-refractivity contribution in [3.8, 4) is 0 Å². The molecule has 118 valence electrons. The fourth-order valence-electron chi connectivity index (χ4n) is 3.46. The number of hydrogen-bond acceptors (Lipinski definition) is 2. The normalized spacial score (nSPS) is 22.7. The van der Waals surface area contributed by atoms with Gasteiger partial charge in [0.15, 0.2) is 0 Å². The first-order chi connectivity index (χ1) is 10.2. The summed E-state index contributed by atoms with van der Waals surface area (Å²) in [5.41, 5.74) is 2.89. The van der Waals surface area contributed by atoms with Crippen LogP contribution in [0, 0.1) is 0 Å². The second kappa shape index (κ2) is 8.55. The van der Waals surface area contributed by atoms with E-state index in [9.17, 15) is 5.11 Å². The minimum atomic E-state index is -0.0582. The van der Waals surface area contributed by atoms with Crippen LogP contribution < -0.4 is 0 Å². The lowest BCUT2D eigenvalue weighted by atomic mass is 9.82. The van der Waals surface area contributed by atoms with Crippen LogP contribution in [0.5, 0.6) is 0 Å². The molecule has 1 fully saturated rings. The Labute approximate surface area is 130 Å². The summed E-state index contributed by atoms with van der Waals surface area (Å²) in [5, 5.41) is 9.61. The summed E-state index contributed by atoms with van der Waals surface area (Å²) >= 11 is 0. The molecule has 1 aliphatic rings. The van der Waals surface area contributed by atoms with Crippen molar-refractivity contribution in [2.75, 3.05) is 13.1 Å². The molecule has 2 rings (SSSR count). The van der Waals surface area contributed by atoms with E-state index in [-0.39, 0.29) is 6.10 Å². The number of aliphatic hydroxyl groups is 1. The Morgan fingerprint density at radius 2 is 1.52 bits per heavy atom. The Morgan fingerprint density at radius 3 is 2.05 bits per heavy atom. The third kappa shape index (κ3) is 5.12. The van der Waals surface area contributed by atoms with Crippen LogP contribution in [-0.2, 0) is 6.54 Å². The van der Waals surface area contributed by atoms with Crippen molar-refractivity contribution in [3.05, 3.63) is 35.4 Å². The van der Waals surface area contributed by atoms with Crippen molar-refractivity contribution in [3.63, 3.8) is 0 Å². The second-order valence-electron chi connectivity index (χ2n) is 6.52. The van der Waals surface area contributed by atoms with E-state index < -0.39 is 0 Å². The largest absolute Gasteiger partial charge is 0.393 e. The van der Waals surface area contributed by atoms with Gasteiger partial charge < -0.3 is 5.11 Å². The zero-order valence-corrected chi connectivity index (χ0v) is 13.7. The van der Waals surface area contributed by atoms with E-state index in [0.29, 0.717) is 5.92 Å². The first-order valence-corrected chi connectivity index (χ1v) is 8.72. The molecule has 0 aromatic heterocycles. The minimum Gasteiger partial charge on any atom is -0.393 e. The van der Waals surface area contributed by atoms with E-state index in [1.807, 2.05) is 0 Å². The molecule has 2 heteroatoms. The molecule has 0 bridgehead atoms. The molecule has 0 aliphatic heterocycles. The SMILES string of the molecule is CCCN(CCC)Cc1ccc([C@H]2CC[C@H](O)CC2)cc1. The van der Waals surface area contributed by atoms with E-state index in [2.05, 4.69) is 43.0 Å². The van der Waals surface area contributed by atoms with Gasteiger partial charge in [0.2, 0.25) is 0 Å². The van der Waals surface area contributed by atoms with E-state index in [1.54, 1.807) is 0 Å². The van der Waals surface area contributed by atoms with Gasteiger partial charge in [-0.25, -0.2) is 0 Å². The monoisotopic (exact) mass is 289 g/mol. The Bertz CT molecular complexity index is 387. The van der Waals surface area contributed by atoms with Gasteiger partial charge in [0.25, 0.3) is 0 Å². The average Bonchev–Trinajstić information content (AvgIpc) is 2.49. The molecule has 0 radical (unpaired) electrons. The van der Waals surface area contributed by atoms with Gasteiger partial charge in [-0.15, -0.1) is 0 Å². The fraction of sp³-hybridized carbons (Fsp3) is 0.684. The topological polar surface area (TPSA) is 23.5 Å². The van der Waals surface area contributed by atoms with Crippen LogP contribution >= 0.6 is 0 Å². The summed E-state index contributed by atoms with van der Waals surface area (Å²) in [7, 11) is 0. The zero-order valence-electron chi connectivity index (χ0n) is 13.7. The lowest BCUT2D eigenvalue weighted by molar-refractivity contribution is 0.122. The molecular weight excluding hydrogens is 258 g/mol. The predicted octanol–water partition coefficient (Wildman–Crippen LogP) is 4.33. The summed E-state index contributed by atoms with van der Waals surface area (Å²) in [4.78, 5) is 2.55. The summed E-state index contributed by atoms with van der Waals surface area (Å²) in [5.74, 6) is 0.657. The molecular formula is C19H31NO. The summed E-state index contributed by atoms with van der Waals surface area (Å²) in [6.45, 7) is 7.96. The minimum absolute atomic E-state index is 0.0582. The number of nitrogens with zero attached hydrogens (tertiary/aromatic N) is 1. The number of benzene rings is 1. The first-order valence-electron chi connectivity index (χ1n) is 8.72. The van der Waals surface area contributed by atoms with Crippen molar-refractivity contribution >= 4 is 0 Å². The molecule has 1 aliphatic carbocycles. The zero-order chi connectivity index (χ0) is 15.1. The second-order valence-corrected chi connectivity index (χ2v) is 6.52. The predicted molar refractivity (Wildman–Crippen MR) is 89.5 cm³/mol. The van der Waals surface area contributed by atoms with Crippen molar-refractivity contribution < 1.29 is 5.11 Å². The van der Waals surface area contributed by atoms with Crippen LogP contribution in [-0.4, -0.2) is 29.2 Å². The molecule has 0 spiro atoms. The van der Waals surface area contributed by atoms with Gasteiger partial charge in [0.1, 0.15) is 0 Å². The maximum absolute atomic E-state index is 9.61. The summed E-state index contributed by atoms with van der Waals surface area (Å²) in [6.07, 6.45) is 6.60. The van der Waals surface area contributed by atoms with Crippen molar-refractivity contribution in [1.82, 2.24) is 4.90 Å². The van der Waals surface area contributed by atoms with Gasteiger partial charge in [-0.2, -0.15) is 0 Å². The highest BCUT2D eigenvalue weighted by Crippen LogP contribution is 2.32. The smallest absolute Gasteiger partial charge is 0.0540 e. The highest BCUT2D eigenvalue weighted by Gasteiger charge is 2.20. The van der Waals surface area contributed by atoms with Gasteiger partial charge >= 0.3 is 0 Å². The van der Waals surface area contributed by atoms with Gasteiger partial charge in [-0.1, -0.05) is 38.1 Å². The molecule has 1 aromatic carbocycles. The summed E-state index contributed by atoms with van der Waals surface area (Å²) < 4.78 is 0. The number of hydrogen-bond donors (Lipinski definition) is 1. The number of rotatable bonds is 7. The molecule has 1 aromatic rings. The lowest BCUT2D eigenvalue weighted by Crippen LogP contribution is -2.24. The van der Waals surface area contributed by atoms with Gasteiger partial charge in [0, 0.05) is 6.54 Å². The van der Waals surface area contributed by atoms with Crippen molar-refractivity contribution in [2.24, 2.45) is 0 Å². The van der Waals surface area contributed by atoms with Crippen LogP contribution in [0.3, 0.4) is 0 Å². The third-order valence-corrected chi connectivity index (χ3v) is 4.63. The van der Waals surface area contributed by atoms with Crippen LogP contribution in [0.4, 0.5) is 0 Å². The van der Waals surface area contributed by atoms with E-state index in [4.69, 9.17) is 0 Å². The maximum atomic E-state index is 9.61. The average molecular weight is 289 g/mol. The Balaban J connectivity index is 1.91. The Kier molecular flexibility index (Phi) is 6.72. The standard InChI is InChI=1S/C19H31NO/c1-3-13-20(14-4-2)15-16-5-7-17(8-6-16)18-9-11-19(21)12-10-18/h5-8,18-19,21H,3-4,9-15H2,1-2H3/t18-,19-. The molecule has 0 saturated heterocycles. The van der Waals surface area contributed by atoms with Gasteiger partial charge in [0.05, 0.1) is 6.10 Å². The Hall–Kier alpha value is -0.860. The van der Waals surface area contributed by atoms with E-state index in [0.717, 1.165) is 32.2 Å². The maximum Gasteiger partial charge on any atom is 0.0540 e. The molecule has 1 N–H and O–H groups in total. The highest BCUT2D eigenvalue weighted by molar-refractivity contribution is 5.25. The van der Waals surface area contributed by atoms with Gasteiger partial charge in [-0.05, 0) is 68.7 Å². The van der Waals surface area contributed by atoms with E-state index in [1.165, 1.54) is 37.1 Å². The van der Waals surface area contributed by atoms with Crippen LogP contribution in [0.25, 0.3) is 0 Å². The first kappa shape index (κ1) is 16.5. The number of aliphatic hydroxyl groups excluding tert-OH is 1. The highest BCUT2D eigenvalue weighted by atomic mass is 16.3. The molecule has 1 saturated carbocycles. The van der Waals surface area contributed by atoms with Crippen LogP contribution in [0.1, 0.15) is 69.4 Å². The third-order valence-electron chi connectivity index (χ3n) is 4.63. The molecule has 0 unspecified atom stereocenters. The molecule has 21 heavy (non-hydrogen) atoms. The fourth-order valence-corrected chi connectivity index (χ4v) is 3.46. The lowest BCUT2D eigenvalue weighted by Gasteiger charge is -2.26. The quantitative estimate of drug-likeness (QED) is 0.807. The summed E-state index contributed by atoms with van der Waals surface area (Å²) in [6, 6.07) is 9.24. The van der Waals surface area contributed by atoms with Crippen molar-refractivity contribution in [2.45, 2.75) is 70.9 Å². The Morgan fingerprint density at radius 1 is 0.952 bits per heavy atom. The van der Waals surface area contributed by atoms with Crippen LogP contribution in [0.15, 0.2) is 24.3 Å². The van der Waals surface area contributed by atoms with E-state index >= 15 is 0 Å². The molecule has 2 nitrogen and oxygen atoms in total.